The fourth-order valence-corrected chi connectivity index (χ4v) is 4.75. The number of pyridine rings is 1. The Bertz CT molecular complexity index is 1030. The van der Waals surface area contributed by atoms with E-state index >= 15 is 0 Å². The lowest BCUT2D eigenvalue weighted by Gasteiger charge is -2.41. The lowest BCUT2D eigenvalue weighted by molar-refractivity contribution is -0.0951. The molecule has 0 bridgehead atoms. The maximum absolute atomic E-state index is 13.0. The van der Waals surface area contributed by atoms with E-state index in [4.69, 9.17) is 9.84 Å². The first-order valence-electron chi connectivity index (χ1n) is 11.2. The van der Waals surface area contributed by atoms with Gasteiger partial charge in [-0.15, -0.1) is 0 Å². The first-order chi connectivity index (χ1) is 15.5. The summed E-state index contributed by atoms with van der Waals surface area (Å²) >= 11 is 0. The smallest absolute Gasteiger partial charge is 0.251 e. The van der Waals surface area contributed by atoms with Crippen molar-refractivity contribution in [3.8, 4) is 5.82 Å². The van der Waals surface area contributed by atoms with E-state index < -0.39 is 5.92 Å². The number of hydrogen-bond acceptors (Lipinski definition) is 6. The average Bonchev–Trinajstić information content (AvgIpc) is 3.22. The molecule has 3 aliphatic rings. The molecule has 32 heavy (non-hydrogen) atoms. The van der Waals surface area contributed by atoms with Crippen molar-refractivity contribution in [2.45, 2.75) is 57.2 Å². The summed E-state index contributed by atoms with van der Waals surface area (Å²) in [4.78, 5) is 11.1. The molecule has 1 N–H and O–H groups in total. The summed E-state index contributed by atoms with van der Waals surface area (Å²) in [6, 6.07) is 4.32. The van der Waals surface area contributed by atoms with Gasteiger partial charge in [-0.2, -0.15) is 5.10 Å². The molecule has 2 aliphatic heterocycles. The molecule has 9 heteroatoms. The monoisotopic (exact) mass is 442 g/mol. The van der Waals surface area contributed by atoms with E-state index in [0.29, 0.717) is 18.5 Å². The summed E-state index contributed by atoms with van der Waals surface area (Å²) < 4.78 is 33.6. The van der Waals surface area contributed by atoms with Crippen molar-refractivity contribution in [1.82, 2.24) is 20.1 Å². The summed E-state index contributed by atoms with van der Waals surface area (Å²) in [5.41, 5.74) is 3.85. The third kappa shape index (κ3) is 4.01. The first kappa shape index (κ1) is 21.1. The molecular weight excluding hydrogens is 414 g/mol. The number of piperidine rings is 1. The topological polar surface area (TPSA) is 67.6 Å². The van der Waals surface area contributed by atoms with Gasteiger partial charge in [-0.3, -0.25) is 4.99 Å². The van der Waals surface area contributed by atoms with Crippen molar-refractivity contribution in [2.75, 3.05) is 25.0 Å². The van der Waals surface area contributed by atoms with Gasteiger partial charge in [0.1, 0.15) is 12.3 Å². The first-order valence-corrected chi connectivity index (χ1v) is 11.2. The standard InChI is InChI=1S/C23H28F2N6O/c1-3-19-21-15(14-32-22(19)26-2)13-31(29-21)20-5-4-18(12-27-20)30-8-6-16(7-9-30)28-17-10-23(24,25)11-17/h3-5,12-13,16-17,28H,6-11,14H2,1-2H3/b19-3-,26-22?. The van der Waals surface area contributed by atoms with Crippen molar-refractivity contribution in [3.63, 3.8) is 0 Å². The van der Waals surface area contributed by atoms with Crippen LogP contribution in [0.5, 0.6) is 0 Å². The van der Waals surface area contributed by atoms with Gasteiger partial charge in [-0.1, -0.05) is 6.08 Å². The second-order valence-electron chi connectivity index (χ2n) is 8.73. The van der Waals surface area contributed by atoms with Crippen LogP contribution in [0.4, 0.5) is 14.5 Å². The van der Waals surface area contributed by atoms with Crippen molar-refractivity contribution >= 4 is 17.2 Å². The molecule has 1 saturated carbocycles. The minimum absolute atomic E-state index is 0.0241. The van der Waals surface area contributed by atoms with Crippen LogP contribution >= 0.6 is 0 Å². The fraction of sp³-hybridized carbons (Fsp3) is 0.522. The Morgan fingerprint density at radius 2 is 2.00 bits per heavy atom. The highest BCUT2D eigenvalue weighted by molar-refractivity contribution is 6.20. The Kier molecular flexibility index (Phi) is 5.44. The van der Waals surface area contributed by atoms with Gasteiger partial charge >= 0.3 is 0 Å². The Labute approximate surface area is 186 Å². The summed E-state index contributed by atoms with van der Waals surface area (Å²) in [5.74, 6) is -1.11. The highest BCUT2D eigenvalue weighted by Crippen LogP contribution is 2.38. The molecule has 1 saturated heterocycles. The van der Waals surface area contributed by atoms with Gasteiger partial charge in [0.2, 0.25) is 5.90 Å². The number of halogens is 2. The van der Waals surface area contributed by atoms with Crippen LogP contribution in [-0.4, -0.2) is 58.8 Å². The van der Waals surface area contributed by atoms with Gasteiger partial charge in [0.25, 0.3) is 5.92 Å². The zero-order valence-electron chi connectivity index (χ0n) is 18.4. The summed E-state index contributed by atoms with van der Waals surface area (Å²) in [5, 5.41) is 8.12. The van der Waals surface area contributed by atoms with E-state index in [1.54, 1.807) is 11.7 Å². The van der Waals surface area contributed by atoms with Crippen LogP contribution in [0, 0.1) is 0 Å². The van der Waals surface area contributed by atoms with Crippen LogP contribution in [-0.2, 0) is 11.3 Å². The number of anilines is 1. The van der Waals surface area contributed by atoms with Crippen LogP contribution < -0.4 is 10.2 Å². The third-order valence-electron chi connectivity index (χ3n) is 6.52. The molecule has 0 spiro atoms. The van der Waals surface area contributed by atoms with E-state index in [2.05, 4.69) is 26.3 Å². The summed E-state index contributed by atoms with van der Waals surface area (Å²) in [6.07, 6.45) is 7.64. The van der Waals surface area contributed by atoms with Crippen LogP contribution in [0.2, 0.25) is 0 Å². The third-order valence-corrected chi connectivity index (χ3v) is 6.52. The fourth-order valence-electron chi connectivity index (χ4n) is 4.75. The number of nitrogens with one attached hydrogen (secondary N) is 1. The summed E-state index contributed by atoms with van der Waals surface area (Å²) in [6.45, 7) is 4.17. The van der Waals surface area contributed by atoms with E-state index in [0.717, 1.165) is 54.3 Å². The Morgan fingerprint density at radius 1 is 1.22 bits per heavy atom. The largest absolute Gasteiger partial charge is 0.472 e. The Balaban J connectivity index is 1.22. The number of hydrogen-bond donors (Lipinski definition) is 1. The second-order valence-corrected chi connectivity index (χ2v) is 8.73. The minimum atomic E-state index is -2.47. The molecule has 2 aromatic rings. The highest BCUT2D eigenvalue weighted by Gasteiger charge is 2.45. The molecule has 4 heterocycles. The van der Waals surface area contributed by atoms with Gasteiger partial charge in [-0.05, 0) is 31.9 Å². The van der Waals surface area contributed by atoms with Crippen molar-refractivity contribution in [2.24, 2.45) is 4.99 Å². The molecule has 0 radical (unpaired) electrons. The number of nitrogens with zero attached hydrogens (tertiary/aromatic N) is 5. The molecule has 7 nitrogen and oxygen atoms in total. The molecule has 170 valence electrons. The van der Waals surface area contributed by atoms with E-state index in [1.165, 1.54) is 0 Å². The maximum atomic E-state index is 13.0. The van der Waals surface area contributed by atoms with Gasteiger partial charge in [0.05, 0.1) is 17.5 Å². The van der Waals surface area contributed by atoms with Crippen molar-refractivity contribution < 1.29 is 13.5 Å². The number of fused-ring (bicyclic) bond motifs is 1. The predicted octanol–water partition coefficient (Wildman–Crippen LogP) is 3.59. The molecule has 0 unspecified atom stereocenters. The van der Waals surface area contributed by atoms with Crippen molar-refractivity contribution in [3.05, 3.63) is 41.9 Å². The molecule has 0 aromatic carbocycles. The molecule has 0 amide bonds. The number of aromatic nitrogens is 3. The van der Waals surface area contributed by atoms with E-state index in [9.17, 15) is 8.78 Å². The molecule has 2 aromatic heterocycles. The second kappa shape index (κ2) is 8.27. The number of rotatable bonds is 4. The SMILES string of the molecule is C/C=C1\C(=NC)OCc2cn(-c3ccc(N4CCC(NC5CC(F)(F)C5)CC4)cn3)nc21. The van der Waals surface area contributed by atoms with Gasteiger partial charge in [0.15, 0.2) is 5.82 Å². The van der Waals surface area contributed by atoms with Crippen LogP contribution in [0.25, 0.3) is 11.4 Å². The molecular formula is C23H28F2N6O. The predicted molar refractivity (Wildman–Crippen MR) is 119 cm³/mol. The number of ether oxygens (including phenoxy) is 1. The highest BCUT2D eigenvalue weighted by atomic mass is 19.3. The zero-order valence-corrected chi connectivity index (χ0v) is 18.4. The zero-order chi connectivity index (χ0) is 22.3. The molecule has 2 fully saturated rings. The molecule has 0 atom stereocenters. The maximum Gasteiger partial charge on any atom is 0.251 e. The Morgan fingerprint density at radius 3 is 2.62 bits per heavy atom. The van der Waals surface area contributed by atoms with Gasteiger partial charge in [-0.25, -0.2) is 18.4 Å². The van der Waals surface area contributed by atoms with Gasteiger partial charge < -0.3 is 15.0 Å². The number of allylic oxidation sites excluding steroid dienone is 1. The van der Waals surface area contributed by atoms with E-state index in [1.807, 2.05) is 31.5 Å². The number of aliphatic imine (C=N–C) groups is 1. The lowest BCUT2D eigenvalue weighted by Crippen LogP contribution is -2.54. The average molecular weight is 443 g/mol. The molecule has 5 rings (SSSR count). The van der Waals surface area contributed by atoms with Gasteiger partial charge in [0, 0.05) is 56.8 Å². The minimum Gasteiger partial charge on any atom is -0.472 e. The summed E-state index contributed by atoms with van der Waals surface area (Å²) in [7, 11) is 1.71. The van der Waals surface area contributed by atoms with Crippen molar-refractivity contribution in [1.29, 1.82) is 0 Å². The lowest BCUT2D eigenvalue weighted by atomic mass is 9.87. The van der Waals surface area contributed by atoms with E-state index in [-0.39, 0.29) is 18.9 Å². The van der Waals surface area contributed by atoms with Crippen LogP contribution in [0.1, 0.15) is 43.9 Å². The van der Waals surface area contributed by atoms with Crippen LogP contribution in [0.3, 0.4) is 0 Å². The quantitative estimate of drug-likeness (QED) is 0.784. The Hall–Kier alpha value is -2.81. The number of alkyl halides is 2. The normalized spacial score (nSPS) is 23.8. The molecule has 1 aliphatic carbocycles. The van der Waals surface area contributed by atoms with Crippen LogP contribution in [0.15, 0.2) is 35.6 Å².